The van der Waals surface area contributed by atoms with Gasteiger partial charge in [0.1, 0.15) is 0 Å². The topological polar surface area (TPSA) is 29.1 Å². The minimum Gasteiger partial charge on any atom is -0.323 e. The second-order valence-corrected chi connectivity index (χ2v) is 5.65. The van der Waals surface area contributed by atoms with E-state index in [1.807, 2.05) is 29.7 Å². The van der Waals surface area contributed by atoms with Gasteiger partial charge in [-0.25, -0.2) is 0 Å². The van der Waals surface area contributed by atoms with Crippen molar-refractivity contribution in [1.82, 2.24) is 0 Å². The van der Waals surface area contributed by atoms with Crippen LogP contribution in [0.2, 0.25) is 0 Å². The predicted molar refractivity (Wildman–Crippen MR) is 80.4 cm³/mol. The number of aryl methyl sites for hydroxylation is 2. The molecule has 19 heavy (non-hydrogen) atoms. The third kappa shape index (κ3) is 2.93. The lowest BCUT2D eigenvalue weighted by Gasteiger charge is -2.05. The fraction of sp³-hybridized carbons (Fsp3) is 0.188. The van der Waals surface area contributed by atoms with Crippen molar-refractivity contribution in [1.29, 1.82) is 0 Å². The molecule has 0 spiro atoms. The van der Waals surface area contributed by atoms with Crippen molar-refractivity contribution in [3.8, 4) is 0 Å². The monoisotopic (exact) mass is 269 g/mol. The molecule has 1 aliphatic carbocycles. The third-order valence-corrected chi connectivity index (χ3v) is 4.15. The molecule has 0 unspecified atom stereocenters. The second kappa shape index (κ2) is 5.41. The van der Waals surface area contributed by atoms with Gasteiger partial charge in [0.15, 0.2) is 0 Å². The number of carbonyl (C=O) groups excluding carboxylic acids is 1. The highest BCUT2D eigenvalue weighted by Crippen LogP contribution is 2.24. The highest BCUT2D eigenvalue weighted by atomic mass is 32.1. The Morgan fingerprint density at radius 3 is 2.95 bits per heavy atom. The van der Waals surface area contributed by atoms with Crippen LogP contribution in [0.5, 0.6) is 0 Å². The fourth-order valence-corrected chi connectivity index (χ4v) is 3.00. The summed E-state index contributed by atoms with van der Waals surface area (Å²) in [4.78, 5) is 12.9. The molecule has 0 saturated heterocycles. The van der Waals surface area contributed by atoms with Gasteiger partial charge in [-0.3, -0.25) is 4.79 Å². The number of rotatable bonds is 3. The quantitative estimate of drug-likeness (QED) is 0.842. The summed E-state index contributed by atoms with van der Waals surface area (Å²) >= 11 is 1.62. The van der Waals surface area contributed by atoms with Gasteiger partial charge in [0.25, 0.3) is 0 Å². The Morgan fingerprint density at radius 2 is 2.11 bits per heavy atom. The maximum absolute atomic E-state index is 11.8. The normalized spacial score (nSPS) is 13.7. The van der Waals surface area contributed by atoms with Crippen LogP contribution in [0.4, 0.5) is 5.69 Å². The average Bonchev–Trinajstić information content (AvgIpc) is 3.07. The van der Waals surface area contributed by atoms with Crippen molar-refractivity contribution < 1.29 is 4.79 Å². The molecule has 0 saturated carbocycles. The maximum Gasteiger partial charge on any atom is 0.248 e. The zero-order valence-corrected chi connectivity index (χ0v) is 11.4. The molecule has 0 aliphatic heterocycles. The zero-order valence-electron chi connectivity index (χ0n) is 10.6. The highest BCUT2D eigenvalue weighted by molar-refractivity contribution is 7.10. The van der Waals surface area contributed by atoms with Gasteiger partial charge >= 0.3 is 0 Å². The van der Waals surface area contributed by atoms with Crippen LogP contribution in [0.15, 0.2) is 41.8 Å². The SMILES string of the molecule is O=C(C=Cc1cccs1)Nc1ccc2c(c1)CCC2. The Balaban J connectivity index is 1.66. The van der Waals surface area contributed by atoms with Crippen LogP contribution < -0.4 is 5.32 Å². The standard InChI is InChI=1S/C16H15NOS/c18-16(9-8-15-5-2-10-19-15)17-14-7-6-12-3-1-4-13(12)11-14/h2,5-11H,1,3-4H2,(H,17,18). The van der Waals surface area contributed by atoms with Gasteiger partial charge in [-0.1, -0.05) is 12.1 Å². The van der Waals surface area contributed by atoms with Crippen LogP contribution in [-0.2, 0) is 17.6 Å². The summed E-state index contributed by atoms with van der Waals surface area (Å²) in [5.41, 5.74) is 3.69. The van der Waals surface area contributed by atoms with E-state index >= 15 is 0 Å². The first-order valence-electron chi connectivity index (χ1n) is 6.46. The molecule has 0 atom stereocenters. The average molecular weight is 269 g/mol. The molecule has 1 aromatic heterocycles. The highest BCUT2D eigenvalue weighted by Gasteiger charge is 2.11. The van der Waals surface area contributed by atoms with E-state index in [2.05, 4.69) is 17.4 Å². The Hall–Kier alpha value is -1.87. The molecule has 0 fully saturated rings. The summed E-state index contributed by atoms with van der Waals surface area (Å²) < 4.78 is 0. The van der Waals surface area contributed by atoms with Gasteiger partial charge in [0.2, 0.25) is 5.91 Å². The summed E-state index contributed by atoms with van der Waals surface area (Å²) in [6.45, 7) is 0. The number of thiophene rings is 1. The van der Waals surface area contributed by atoms with Gasteiger partial charge in [0.05, 0.1) is 0 Å². The molecular weight excluding hydrogens is 254 g/mol. The largest absolute Gasteiger partial charge is 0.323 e. The van der Waals surface area contributed by atoms with E-state index in [9.17, 15) is 4.79 Å². The minimum absolute atomic E-state index is 0.0775. The Morgan fingerprint density at radius 1 is 1.21 bits per heavy atom. The van der Waals surface area contributed by atoms with Gasteiger partial charge in [0, 0.05) is 16.6 Å². The summed E-state index contributed by atoms with van der Waals surface area (Å²) in [5.74, 6) is -0.0775. The number of hydrogen-bond acceptors (Lipinski definition) is 2. The van der Waals surface area contributed by atoms with Crippen LogP contribution in [-0.4, -0.2) is 5.91 Å². The van der Waals surface area contributed by atoms with Gasteiger partial charge in [-0.15, -0.1) is 11.3 Å². The lowest BCUT2D eigenvalue weighted by Crippen LogP contribution is -2.07. The van der Waals surface area contributed by atoms with E-state index in [4.69, 9.17) is 0 Å². The molecule has 1 aromatic carbocycles. The van der Waals surface area contributed by atoms with Gasteiger partial charge < -0.3 is 5.32 Å². The summed E-state index contributed by atoms with van der Waals surface area (Å²) in [6, 6.07) is 10.2. The van der Waals surface area contributed by atoms with Crippen LogP contribution in [0, 0.1) is 0 Å². The summed E-state index contributed by atoms with van der Waals surface area (Å²) in [7, 11) is 0. The summed E-state index contributed by atoms with van der Waals surface area (Å²) in [5, 5.41) is 4.91. The van der Waals surface area contributed by atoms with E-state index in [0.29, 0.717) is 0 Å². The lowest BCUT2D eigenvalue weighted by atomic mass is 10.1. The fourth-order valence-electron chi connectivity index (χ4n) is 2.38. The molecule has 2 nitrogen and oxygen atoms in total. The van der Waals surface area contributed by atoms with Crippen molar-refractivity contribution in [2.45, 2.75) is 19.3 Å². The maximum atomic E-state index is 11.8. The van der Waals surface area contributed by atoms with Crippen molar-refractivity contribution in [3.63, 3.8) is 0 Å². The first-order chi connectivity index (χ1) is 9.31. The van der Waals surface area contributed by atoms with E-state index in [-0.39, 0.29) is 5.91 Å². The second-order valence-electron chi connectivity index (χ2n) is 4.68. The van der Waals surface area contributed by atoms with E-state index < -0.39 is 0 Å². The first kappa shape index (κ1) is 12.2. The number of amides is 1. The molecule has 96 valence electrons. The molecule has 3 rings (SSSR count). The Kier molecular flexibility index (Phi) is 3.47. The first-order valence-corrected chi connectivity index (χ1v) is 7.33. The van der Waals surface area contributed by atoms with E-state index in [1.54, 1.807) is 17.4 Å². The lowest BCUT2D eigenvalue weighted by molar-refractivity contribution is -0.111. The number of nitrogens with one attached hydrogen (secondary N) is 1. The number of anilines is 1. The van der Waals surface area contributed by atoms with Crippen molar-refractivity contribution in [2.75, 3.05) is 5.32 Å². The molecular formula is C16H15NOS. The number of benzene rings is 1. The van der Waals surface area contributed by atoms with Crippen LogP contribution in [0.1, 0.15) is 22.4 Å². The van der Waals surface area contributed by atoms with E-state index in [1.165, 1.54) is 24.0 Å². The number of fused-ring (bicyclic) bond motifs is 1. The summed E-state index contributed by atoms with van der Waals surface area (Å²) in [6.07, 6.45) is 6.95. The van der Waals surface area contributed by atoms with Crippen LogP contribution in [0.25, 0.3) is 6.08 Å². The number of hydrogen-bond donors (Lipinski definition) is 1. The van der Waals surface area contributed by atoms with E-state index in [0.717, 1.165) is 17.0 Å². The Labute approximate surface area is 116 Å². The van der Waals surface area contributed by atoms with Crippen molar-refractivity contribution >= 4 is 29.0 Å². The third-order valence-electron chi connectivity index (χ3n) is 3.31. The molecule has 0 bridgehead atoms. The minimum atomic E-state index is -0.0775. The van der Waals surface area contributed by atoms with Crippen LogP contribution >= 0.6 is 11.3 Å². The van der Waals surface area contributed by atoms with Crippen molar-refractivity contribution in [2.24, 2.45) is 0 Å². The molecule has 1 heterocycles. The van der Waals surface area contributed by atoms with Crippen molar-refractivity contribution in [3.05, 3.63) is 57.8 Å². The molecule has 0 radical (unpaired) electrons. The molecule has 1 N–H and O–H groups in total. The molecule has 1 amide bonds. The molecule has 2 aromatic rings. The predicted octanol–water partition coefficient (Wildman–Crippen LogP) is 3.89. The van der Waals surface area contributed by atoms with Crippen LogP contribution in [0.3, 0.4) is 0 Å². The smallest absolute Gasteiger partial charge is 0.248 e. The molecule has 3 heteroatoms. The molecule has 1 aliphatic rings. The zero-order chi connectivity index (χ0) is 13.1. The Bertz CT molecular complexity index is 614. The van der Waals surface area contributed by atoms with Gasteiger partial charge in [-0.05, 0) is 60.0 Å². The van der Waals surface area contributed by atoms with Gasteiger partial charge in [-0.2, -0.15) is 0 Å². The number of carbonyl (C=O) groups is 1.